The Labute approximate surface area is 119 Å². The highest BCUT2D eigenvalue weighted by molar-refractivity contribution is 5.78. The lowest BCUT2D eigenvalue weighted by Gasteiger charge is -2.28. The van der Waals surface area contributed by atoms with Gasteiger partial charge in [-0.2, -0.15) is 0 Å². The minimum Gasteiger partial charge on any atom is -0.423 e. The molecule has 0 atom stereocenters. The maximum Gasteiger partial charge on any atom is 0.247 e. The van der Waals surface area contributed by atoms with Gasteiger partial charge in [-0.25, -0.2) is 0 Å². The first-order valence-corrected chi connectivity index (χ1v) is 7.15. The maximum atomic E-state index is 5.46. The van der Waals surface area contributed by atoms with Gasteiger partial charge in [0, 0.05) is 18.7 Å². The van der Waals surface area contributed by atoms with Crippen molar-refractivity contribution in [2.75, 3.05) is 19.6 Å². The average Bonchev–Trinajstić information content (AvgIpc) is 3.03. The lowest BCUT2D eigenvalue weighted by Crippen LogP contribution is -2.30. The molecule has 1 aromatic heterocycles. The van der Waals surface area contributed by atoms with E-state index in [-0.39, 0.29) is 0 Å². The summed E-state index contributed by atoms with van der Waals surface area (Å²) in [4.78, 5) is 2.47. The van der Waals surface area contributed by atoms with E-state index in [9.17, 15) is 0 Å². The zero-order valence-electron chi connectivity index (χ0n) is 11.7. The van der Waals surface area contributed by atoms with Gasteiger partial charge in [-0.1, -0.05) is 42.8 Å². The third-order valence-electron chi connectivity index (χ3n) is 3.90. The molecular formula is C16H19N3O. The Hall–Kier alpha value is -1.94. The van der Waals surface area contributed by atoms with Crippen LogP contribution in [0.5, 0.6) is 0 Å². The quantitative estimate of drug-likeness (QED) is 0.859. The molecule has 0 unspecified atom stereocenters. The van der Waals surface area contributed by atoms with E-state index in [4.69, 9.17) is 4.42 Å². The van der Waals surface area contributed by atoms with Crippen molar-refractivity contribution in [3.05, 3.63) is 53.8 Å². The van der Waals surface area contributed by atoms with Crippen molar-refractivity contribution >= 4 is 5.57 Å². The van der Waals surface area contributed by atoms with Crippen LogP contribution < -0.4 is 0 Å². The van der Waals surface area contributed by atoms with Crippen LogP contribution in [0.25, 0.3) is 5.57 Å². The van der Waals surface area contributed by atoms with E-state index in [2.05, 4.69) is 34.2 Å². The topological polar surface area (TPSA) is 42.2 Å². The number of rotatable bonds is 3. The monoisotopic (exact) mass is 269 g/mol. The maximum absolute atomic E-state index is 5.46. The number of aromatic nitrogens is 2. The summed E-state index contributed by atoms with van der Waals surface area (Å²) in [5, 5.41) is 7.95. The summed E-state index contributed by atoms with van der Waals surface area (Å²) in [5.41, 5.74) is 3.71. The first kappa shape index (κ1) is 13.1. The second-order valence-electron chi connectivity index (χ2n) is 5.02. The molecule has 1 fully saturated rings. The van der Waals surface area contributed by atoms with Crippen LogP contribution in [-0.4, -0.2) is 34.7 Å². The molecule has 0 saturated carbocycles. The van der Waals surface area contributed by atoms with Crippen molar-refractivity contribution in [3.8, 4) is 0 Å². The molecule has 0 radical (unpaired) electrons. The minimum absolute atomic E-state index is 0.635. The minimum atomic E-state index is 0.635. The highest BCUT2D eigenvalue weighted by atomic mass is 16.4. The number of nitrogens with zero attached hydrogens (tertiary/aromatic N) is 3. The van der Waals surface area contributed by atoms with Gasteiger partial charge in [-0.05, 0) is 24.9 Å². The highest BCUT2D eigenvalue weighted by Gasteiger charge is 2.20. The van der Waals surface area contributed by atoms with Gasteiger partial charge in [-0.15, -0.1) is 10.2 Å². The molecule has 0 spiro atoms. The molecule has 0 amide bonds. The number of likely N-dealkylation sites (tertiary alicyclic amines) is 1. The van der Waals surface area contributed by atoms with Gasteiger partial charge in [0.15, 0.2) is 0 Å². The van der Waals surface area contributed by atoms with E-state index in [1.165, 1.54) is 12.0 Å². The van der Waals surface area contributed by atoms with E-state index >= 15 is 0 Å². The summed E-state index contributed by atoms with van der Waals surface area (Å²) < 4.78 is 5.46. The Morgan fingerprint density at radius 1 is 1.20 bits per heavy atom. The second-order valence-corrected chi connectivity index (χ2v) is 5.02. The van der Waals surface area contributed by atoms with Crippen molar-refractivity contribution in [2.45, 2.75) is 19.8 Å². The summed E-state index contributed by atoms with van der Waals surface area (Å²) in [6, 6.07) is 10.3. The normalized spacial score (nSPS) is 16.4. The summed E-state index contributed by atoms with van der Waals surface area (Å²) in [5.74, 6) is 0.635. The molecule has 0 bridgehead atoms. The summed E-state index contributed by atoms with van der Waals surface area (Å²) in [6.45, 7) is 5.55. The molecule has 0 aliphatic carbocycles. The SMILES string of the molecule is CCN1CCC(=C(c2ccccc2)c2nnco2)CC1. The molecule has 2 heterocycles. The fourth-order valence-corrected chi connectivity index (χ4v) is 2.75. The first-order chi connectivity index (χ1) is 9.88. The predicted molar refractivity (Wildman–Crippen MR) is 78.1 cm³/mol. The zero-order valence-corrected chi connectivity index (χ0v) is 11.7. The van der Waals surface area contributed by atoms with Crippen molar-refractivity contribution in [2.24, 2.45) is 0 Å². The van der Waals surface area contributed by atoms with Gasteiger partial charge in [0.2, 0.25) is 12.3 Å². The van der Waals surface area contributed by atoms with E-state index < -0.39 is 0 Å². The third-order valence-corrected chi connectivity index (χ3v) is 3.90. The molecule has 1 aliphatic rings. The van der Waals surface area contributed by atoms with Gasteiger partial charge in [0.1, 0.15) is 0 Å². The standard InChI is InChI=1S/C16H19N3O/c1-2-19-10-8-14(9-11-19)15(16-18-17-12-20-16)13-6-4-3-5-7-13/h3-7,12H,2,8-11H2,1H3. The van der Waals surface area contributed by atoms with Crippen molar-refractivity contribution in [1.29, 1.82) is 0 Å². The first-order valence-electron chi connectivity index (χ1n) is 7.15. The molecule has 3 rings (SSSR count). The van der Waals surface area contributed by atoms with E-state index in [0.29, 0.717) is 5.89 Å². The Morgan fingerprint density at radius 2 is 1.95 bits per heavy atom. The van der Waals surface area contributed by atoms with Crippen LogP contribution in [0, 0.1) is 0 Å². The van der Waals surface area contributed by atoms with Crippen LogP contribution in [0.3, 0.4) is 0 Å². The number of benzene rings is 1. The molecule has 20 heavy (non-hydrogen) atoms. The molecule has 104 valence electrons. The van der Waals surface area contributed by atoms with Crippen LogP contribution in [0.2, 0.25) is 0 Å². The highest BCUT2D eigenvalue weighted by Crippen LogP contribution is 2.30. The van der Waals surface area contributed by atoms with Gasteiger partial charge < -0.3 is 9.32 Å². The third kappa shape index (κ3) is 2.65. The largest absolute Gasteiger partial charge is 0.423 e. The molecule has 1 aliphatic heterocycles. The summed E-state index contributed by atoms with van der Waals surface area (Å²) in [7, 11) is 0. The average molecular weight is 269 g/mol. The second kappa shape index (κ2) is 6.01. The van der Waals surface area contributed by atoms with Crippen LogP contribution >= 0.6 is 0 Å². The lowest BCUT2D eigenvalue weighted by atomic mass is 9.93. The summed E-state index contributed by atoms with van der Waals surface area (Å²) >= 11 is 0. The van der Waals surface area contributed by atoms with Crippen molar-refractivity contribution < 1.29 is 4.42 Å². The van der Waals surface area contributed by atoms with Gasteiger partial charge in [0.25, 0.3) is 0 Å². The molecular weight excluding hydrogens is 250 g/mol. The summed E-state index contributed by atoms with van der Waals surface area (Å²) in [6.07, 6.45) is 3.54. The molecule has 1 saturated heterocycles. The van der Waals surface area contributed by atoms with Crippen LogP contribution in [0.4, 0.5) is 0 Å². The van der Waals surface area contributed by atoms with Gasteiger partial charge in [0.05, 0.1) is 0 Å². The number of hydrogen-bond acceptors (Lipinski definition) is 4. The molecule has 4 nitrogen and oxygen atoms in total. The molecule has 1 aromatic carbocycles. The van der Waals surface area contributed by atoms with Gasteiger partial charge >= 0.3 is 0 Å². The Balaban J connectivity index is 1.99. The van der Waals surface area contributed by atoms with E-state index in [0.717, 1.165) is 43.6 Å². The number of piperidine rings is 1. The Bertz CT molecular complexity index is 565. The smallest absolute Gasteiger partial charge is 0.247 e. The molecule has 0 N–H and O–H groups in total. The Kier molecular flexibility index (Phi) is 3.92. The molecule has 2 aromatic rings. The lowest BCUT2D eigenvalue weighted by molar-refractivity contribution is 0.270. The van der Waals surface area contributed by atoms with Crippen molar-refractivity contribution in [1.82, 2.24) is 15.1 Å². The van der Waals surface area contributed by atoms with Crippen LogP contribution in [0.1, 0.15) is 31.2 Å². The van der Waals surface area contributed by atoms with Crippen LogP contribution in [0.15, 0.2) is 46.7 Å². The fourth-order valence-electron chi connectivity index (χ4n) is 2.75. The van der Waals surface area contributed by atoms with Crippen molar-refractivity contribution in [3.63, 3.8) is 0 Å². The van der Waals surface area contributed by atoms with Crippen LogP contribution in [-0.2, 0) is 0 Å². The van der Waals surface area contributed by atoms with E-state index in [1.54, 1.807) is 0 Å². The predicted octanol–water partition coefficient (Wildman–Crippen LogP) is 2.99. The van der Waals surface area contributed by atoms with E-state index in [1.807, 2.05) is 18.2 Å². The van der Waals surface area contributed by atoms with Gasteiger partial charge in [-0.3, -0.25) is 0 Å². The number of hydrogen-bond donors (Lipinski definition) is 0. The Morgan fingerprint density at radius 3 is 2.55 bits per heavy atom. The molecule has 4 heteroatoms. The zero-order chi connectivity index (χ0) is 13.8. The fraction of sp³-hybridized carbons (Fsp3) is 0.375.